The Hall–Kier alpha value is -2.37. The van der Waals surface area contributed by atoms with Gasteiger partial charge in [0.1, 0.15) is 6.04 Å². The molecule has 2 aliphatic rings. The molecule has 2 heterocycles. The van der Waals surface area contributed by atoms with E-state index in [0.717, 1.165) is 50.8 Å². The van der Waals surface area contributed by atoms with Crippen molar-refractivity contribution in [2.75, 3.05) is 26.2 Å². The normalized spacial score (nSPS) is 18.7. The second-order valence-electron chi connectivity index (χ2n) is 9.53. The molecular formula is C25H37N3O3. The fraction of sp³-hybridized carbons (Fsp3) is 0.640. The number of benzene rings is 1. The topological polar surface area (TPSA) is 69.7 Å². The van der Waals surface area contributed by atoms with Crippen LogP contribution in [0.1, 0.15) is 68.3 Å². The maximum atomic E-state index is 13.3. The van der Waals surface area contributed by atoms with Gasteiger partial charge in [-0.05, 0) is 63.0 Å². The second-order valence-corrected chi connectivity index (χ2v) is 9.53. The van der Waals surface area contributed by atoms with E-state index < -0.39 is 6.04 Å². The van der Waals surface area contributed by atoms with Crippen LogP contribution in [0.15, 0.2) is 24.3 Å². The predicted molar refractivity (Wildman–Crippen MR) is 122 cm³/mol. The van der Waals surface area contributed by atoms with Gasteiger partial charge < -0.3 is 15.1 Å². The summed E-state index contributed by atoms with van der Waals surface area (Å²) in [6, 6.07) is 7.19. The minimum atomic E-state index is -0.486. The Balaban J connectivity index is 1.66. The minimum absolute atomic E-state index is 0.0462. The Morgan fingerprint density at radius 1 is 1.00 bits per heavy atom. The lowest BCUT2D eigenvalue weighted by Gasteiger charge is -2.38. The highest BCUT2D eigenvalue weighted by Crippen LogP contribution is 2.25. The molecule has 2 fully saturated rings. The number of piperidine rings is 2. The van der Waals surface area contributed by atoms with Crippen LogP contribution in [0.25, 0.3) is 0 Å². The highest BCUT2D eigenvalue weighted by Gasteiger charge is 2.36. The number of hydrogen-bond acceptors (Lipinski definition) is 3. The average Bonchev–Trinajstić information content (AvgIpc) is 2.77. The fourth-order valence-corrected chi connectivity index (χ4v) is 4.69. The average molecular weight is 428 g/mol. The van der Waals surface area contributed by atoms with Crippen molar-refractivity contribution in [2.45, 2.75) is 65.3 Å². The minimum Gasteiger partial charge on any atom is -0.344 e. The van der Waals surface area contributed by atoms with Gasteiger partial charge in [0.15, 0.2) is 0 Å². The molecule has 1 N–H and O–H groups in total. The van der Waals surface area contributed by atoms with E-state index in [4.69, 9.17) is 0 Å². The van der Waals surface area contributed by atoms with Crippen LogP contribution in [0.5, 0.6) is 0 Å². The molecule has 1 atom stereocenters. The molecule has 6 heteroatoms. The monoisotopic (exact) mass is 427 g/mol. The standard InChI is InChI=1S/C25H37N3O3/c1-18(2)16-22(29)26-23(25(31)27-12-5-4-6-13-27)20-10-14-28(15-11-20)24(30)21-9-7-8-19(3)17-21/h7-9,17-18,20,23H,4-6,10-16H2,1-3H3,(H,26,29). The first-order valence-electron chi connectivity index (χ1n) is 11.8. The Bertz CT molecular complexity index is 778. The lowest BCUT2D eigenvalue weighted by Crippen LogP contribution is -2.55. The third kappa shape index (κ3) is 6.31. The maximum absolute atomic E-state index is 13.3. The Kier molecular flexibility index (Phi) is 8.10. The van der Waals surface area contributed by atoms with E-state index in [1.165, 1.54) is 0 Å². The van der Waals surface area contributed by atoms with E-state index in [-0.39, 0.29) is 29.6 Å². The molecule has 3 amide bonds. The Labute approximate surface area is 186 Å². The van der Waals surface area contributed by atoms with E-state index in [2.05, 4.69) is 5.32 Å². The number of aryl methyl sites for hydroxylation is 1. The van der Waals surface area contributed by atoms with Crippen LogP contribution >= 0.6 is 0 Å². The van der Waals surface area contributed by atoms with E-state index in [1.54, 1.807) is 0 Å². The van der Waals surface area contributed by atoms with Crippen molar-refractivity contribution in [1.82, 2.24) is 15.1 Å². The van der Waals surface area contributed by atoms with E-state index in [1.807, 2.05) is 54.8 Å². The highest BCUT2D eigenvalue weighted by atomic mass is 16.2. The molecule has 2 aliphatic heterocycles. The van der Waals surface area contributed by atoms with Crippen molar-refractivity contribution >= 4 is 17.7 Å². The van der Waals surface area contributed by atoms with Gasteiger partial charge in [-0.15, -0.1) is 0 Å². The molecule has 0 aromatic heterocycles. The molecule has 0 saturated carbocycles. The number of carbonyl (C=O) groups is 3. The zero-order valence-electron chi connectivity index (χ0n) is 19.2. The smallest absolute Gasteiger partial charge is 0.253 e. The fourth-order valence-electron chi connectivity index (χ4n) is 4.69. The van der Waals surface area contributed by atoms with Crippen molar-refractivity contribution in [3.05, 3.63) is 35.4 Å². The van der Waals surface area contributed by atoms with Crippen LogP contribution in [0.4, 0.5) is 0 Å². The van der Waals surface area contributed by atoms with Gasteiger partial charge >= 0.3 is 0 Å². The summed E-state index contributed by atoms with van der Waals surface area (Å²) in [6.07, 6.45) is 5.10. The molecule has 1 aromatic rings. The van der Waals surface area contributed by atoms with Gasteiger partial charge in [0.25, 0.3) is 5.91 Å². The number of amides is 3. The molecule has 0 bridgehead atoms. The third-order valence-electron chi connectivity index (χ3n) is 6.41. The van der Waals surface area contributed by atoms with Crippen LogP contribution in [-0.2, 0) is 9.59 Å². The van der Waals surface area contributed by atoms with E-state index in [9.17, 15) is 14.4 Å². The highest BCUT2D eigenvalue weighted by molar-refractivity contribution is 5.94. The molecule has 6 nitrogen and oxygen atoms in total. The number of rotatable bonds is 6. The van der Waals surface area contributed by atoms with Gasteiger partial charge in [-0.25, -0.2) is 0 Å². The van der Waals surface area contributed by atoms with Crippen LogP contribution in [-0.4, -0.2) is 59.7 Å². The summed E-state index contributed by atoms with van der Waals surface area (Å²) in [4.78, 5) is 42.6. The first kappa shape index (κ1) is 23.3. The van der Waals surface area contributed by atoms with Crippen LogP contribution < -0.4 is 5.32 Å². The summed E-state index contributed by atoms with van der Waals surface area (Å²) in [6.45, 7) is 8.79. The van der Waals surface area contributed by atoms with Gasteiger partial charge in [-0.1, -0.05) is 31.5 Å². The SMILES string of the molecule is Cc1cccc(C(=O)N2CCC(C(NC(=O)CC(C)C)C(=O)N3CCCCC3)CC2)c1. The van der Waals surface area contributed by atoms with Gasteiger partial charge in [-0.2, -0.15) is 0 Å². The van der Waals surface area contributed by atoms with Crippen molar-refractivity contribution in [3.8, 4) is 0 Å². The largest absolute Gasteiger partial charge is 0.344 e. The maximum Gasteiger partial charge on any atom is 0.253 e. The third-order valence-corrected chi connectivity index (χ3v) is 6.41. The van der Waals surface area contributed by atoms with E-state index >= 15 is 0 Å². The van der Waals surface area contributed by atoms with Crippen LogP contribution in [0.3, 0.4) is 0 Å². The summed E-state index contributed by atoms with van der Waals surface area (Å²) in [7, 11) is 0. The van der Waals surface area contributed by atoms with Gasteiger partial charge in [0.05, 0.1) is 0 Å². The van der Waals surface area contributed by atoms with Gasteiger partial charge in [0.2, 0.25) is 11.8 Å². The molecule has 170 valence electrons. The first-order chi connectivity index (χ1) is 14.8. The van der Waals surface area contributed by atoms with Gasteiger partial charge in [-0.3, -0.25) is 14.4 Å². The zero-order valence-corrected chi connectivity index (χ0v) is 19.2. The van der Waals surface area contributed by atoms with Crippen molar-refractivity contribution in [3.63, 3.8) is 0 Å². The lowest BCUT2D eigenvalue weighted by molar-refractivity contribution is -0.139. The Morgan fingerprint density at radius 3 is 2.29 bits per heavy atom. The second kappa shape index (κ2) is 10.8. The summed E-state index contributed by atoms with van der Waals surface area (Å²) < 4.78 is 0. The van der Waals surface area contributed by atoms with Crippen molar-refractivity contribution < 1.29 is 14.4 Å². The molecule has 0 aliphatic carbocycles. The molecule has 0 radical (unpaired) electrons. The molecule has 3 rings (SSSR count). The predicted octanol–water partition coefficient (Wildman–Crippen LogP) is 3.39. The van der Waals surface area contributed by atoms with Gasteiger partial charge in [0, 0.05) is 38.2 Å². The first-order valence-corrected chi connectivity index (χ1v) is 11.8. The molecule has 1 unspecified atom stereocenters. The molecule has 31 heavy (non-hydrogen) atoms. The number of nitrogens with zero attached hydrogens (tertiary/aromatic N) is 2. The van der Waals surface area contributed by atoms with Crippen LogP contribution in [0.2, 0.25) is 0 Å². The molecule has 0 spiro atoms. The molecule has 2 saturated heterocycles. The summed E-state index contributed by atoms with van der Waals surface area (Å²) in [5.74, 6) is 0.362. The summed E-state index contributed by atoms with van der Waals surface area (Å²) in [5.41, 5.74) is 1.78. The number of nitrogens with one attached hydrogen (secondary N) is 1. The Morgan fingerprint density at radius 2 is 1.68 bits per heavy atom. The summed E-state index contributed by atoms with van der Waals surface area (Å²) >= 11 is 0. The van der Waals surface area contributed by atoms with Crippen molar-refractivity contribution in [2.24, 2.45) is 11.8 Å². The number of carbonyl (C=O) groups excluding carboxylic acids is 3. The molecular weight excluding hydrogens is 390 g/mol. The van der Waals surface area contributed by atoms with Crippen LogP contribution in [0, 0.1) is 18.8 Å². The molecule has 1 aromatic carbocycles. The van der Waals surface area contributed by atoms with E-state index in [0.29, 0.717) is 25.1 Å². The number of hydrogen-bond donors (Lipinski definition) is 1. The lowest BCUT2D eigenvalue weighted by atomic mass is 9.87. The number of likely N-dealkylation sites (tertiary alicyclic amines) is 2. The van der Waals surface area contributed by atoms with Crippen molar-refractivity contribution in [1.29, 1.82) is 0 Å². The zero-order chi connectivity index (χ0) is 22.4. The summed E-state index contributed by atoms with van der Waals surface area (Å²) in [5, 5.41) is 3.06. The quantitative estimate of drug-likeness (QED) is 0.757.